The first-order chi connectivity index (χ1) is 7.11. The number of nitrogens with zero attached hydrogens (tertiary/aromatic N) is 1. The molecule has 0 fully saturated rings. The van der Waals surface area contributed by atoms with E-state index in [1.165, 1.54) is 6.92 Å². The molecule has 0 aromatic heterocycles. The summed E-state index contributed by atoms with van der Waals surface area (Å²) < 4.78 is 0. The minimum Gasteiger partial charge on any atom is -0.477 e. The van der Waals surface area contributed by atoms with Crippen molar-refractivity contribution in [3.05, 3.63) is 35.9 Å². The van der Waals surface area contributed by atoms with E-state index in [2.05, 4.69) is 10.5 Å². The maximum atomic E-state index is 11.4. The average molecular weight is 206 g/mol. The normalized spacial score (nSPS) is 10.9. The highest BCUT2D eigenvalue weighted by atomic mass is 16.4. The molecule has 1 rings (SSSR count). The molecule has 1 aromatic carbocycles. The highest BCUT2D eigenvalue weighted by molar-refractivity contribution is 6.34. The lowest BCUT2D eigenvalue weighted by Gasteiger charge is -1.99. The molecule has 0 spiro atoms. The molecule has 5 heteroatoms. The average Bonchev–Trinajstić information content (AvgIpc) is 2.26. The third kappa shape index (κ3) is 3.22. The molecule has 0 aliphatic rings. The van der Waals surface area contributed by atoms with Crippen molar-refractivity contribution < 1.29 is 14.7 Å². The van der Waals surface area contributed by atoms with Crippen molar-refractivity contribution in [2.24, 2.45) is 5.10 Å². The highest BCUT2D eigenvalue weighted by Gasteiger charge is 2.05. The van der Waals surface area contributed by atoms with E-state index in [-0.39, 0.29) is 5.71 Å². The number of nitrogens with one attached hydrogen (secondary N) is 1. The van der Waals surface area contributed by atoms with Crippen LogP contribution < -0.4 is 5.43 Å². The number of carbonyl (C=O) groups excluding carboxylic acids is 1. The zero-order valence-electron chi connectivity index (χ0n) is 8.10. The topological polar surface area (TPSA) is 78.8 Å². The molecular weight excluding hydrogens is 196 g/mol. The highest BCUT2D eigenvalue weighted by Crippen LogP contribution is 1.97. The summed E-state index contributed by atoms with van der Waals surface area (Å²) in [6, 6.07) is 8.43. The van der Waals surface area contributed by atoms with Gasteiger partial charge in [0.15, 0.2) is 0 Å². The number of amides is 1. The van der Waals surface area contributed by atoms with Crippen LogP contribution in [0.4, 0.5) is 0 Å². The quantitative estimate of drug-likeness (QED) is 0.569. The van der Waals surface area contributed by atoms with E-state index in [1.54, 1.807) is 30.3 Å². The van der Waals surface area contributed by atoms with Gasteiger partial charge in [0.2, 0.25) is 0 Å². The minimum absolute atomic E-state index is 0.167. The van der Waals surface area contributed by atoms with Gasteiger partial charge in [0.05, 0.1) is 0 Å². The Kier molecular flexibility index (Phi) is 3.56. The lowest BCUT2D eigenvalue weighted by atomic mass is 10.2. The maximum Gasteiger partial charge on any atom is 0.351 e. The molecule has 5 nitrogen and oxygen atoms in total. The van der Waals surface area contributed by atoms with Gasteiger partial charge in [0.25, 0.3) is 5.91 Å². The summed E-state index contributed by atoms with van der Waals surface area (Å²) in [4.78, 5) is 21.7. The Hall–Kier alpha value is -2.17. The van der Waals surface area contributed by atoms with Crippen LogP contribution >= 0.6 is 0 Å². The van der Waals surface area contributed by atoms with E-state index in [9.17, 15) is 9.59 Å². The Bertz CT molecular complexity index is 398. The molecule has 0 saturated carbocycles. The van der Waals surface area contributed by atoms with Crippen LogP contribution in [0.5, 0.6) is 0 Å². The molecule has 15 heavy (non-hydrogen) atoms. The molecule has 0 radical (unpaired) electrons. The van der Waals surface area contributed by atoms with E-state index in [4.69, 9.17) is 5.11 Å². The predicted molar refractivity (Wildman–Crippen MR) is 54.7 cm³/mol. The van der Waals surface area contributed by atoms with Crippen molar-refractivity contribution in [3.63, 3.8) is 0 Å². The number of carboxylic acid groups (broad SMARTS) is 1. The van der Waals surface area contributed by atoms with Gasteiger partial charge < -0.3 is 5.11 Å². The van der Waals surface area contributed by atoms with Gasteiger partial charge in [-0.25, -0.2) is 10.2 Å². The molecule has 0 saturated heterocycles. The summed E-state index contributed by atoms with van der Waals surface area (Å²) in [6.45, 7) is 1.30. The van der Waals surface area contributed by atoms with Crippen LogP contribution in [0.25, 0.3) is 0 Å². The van der Waals surface area contributed by atoms with Crippen molar-refractivity contribution in [2.45, 2.75) is 6.92 Å². The van der Waals surface area contributed by atoms with Gasteiger partial charge in [0, 0.05) is 5.56 Å². The summed E-state index contributed by atoms with van der Waals surface area (Å²) >= 11 is 0. The summed E-state index contributed by atoms with van der Waals surface area (Å²) in [5.74, 6) is -1.60. The Labute approximate surface area is 86.4 Å². The molecule has 0 aliphatic heterocycles. The molecule has 0 atom stereocenters. The molecule has 1 aromatic rings. The minimum atomic E-state index is -1.16. The van der Waals surface area contributed by atoms with Gasteiger partial charge in [-0.3, -0.25) is 4.79 Å². The summed E-state index contributed by atoms with van der Waals surface area (Å²) in [6.07, 6.45) is 0. The number of aliphatic carboxylic acids is 1. The van der Waals surface area contributed by atoms with Crippen LogP contribution in [0.15, 0.2) is 35.4 Å². The van der Waals surface area contributed by atoms with Crippen molar-refractivity contribution in [2.75, 3.05) is 0 Å². The first kappa shape index (κ1) is 10.9. The van der Waals surface area contributed by atoms with Gasteiger partial charge in [-0.05, 0) is 19.1 Å². The van der Waals surface area contributed by atoms with Crippen LogP contribution in [0.2, 0.25) is 0 Å². The Balaban J connectivity index is 2.66. The molecule has 0 bridgehead atoms. The number of carboxylic acids is 1. The van der Waals surface area contributed by atoms with Crippen molar-refractivity contribution in [1.82, 2.24) is 5.43 Å². The number of hydrazone groups is 1. The summed E-state index contributed by atoms with van der Waals surface area (Å²) in [7, 11) is 0. The molecule has 78 valence electrons. The van der Waals surface area contributed by atoms with E-state index in [0.29, 0.717) is 5.56 Å². The third-order valence-corrected chi connectivity index (χ3v) is 1.67. The maximum absolute atomic E-state index is 11.4. The van der Waals surface area contributed by atoms with Crippen LogP contribution in [-0.2, 0) is 4.79 Å². The van der Waals surface area contributed by atoms with Crippen LogP contribution in [-0.4, -0.2) is 22.7 Å². The number of benzene rings is 1. The van der Waals surface area contributed by atoms with E-state index >= 15 is 0 Å². The fraction of sp³-hybridized carbons (Fsp3) is 0.100. The number of carbonyl (C=O) groups is 2. The fourth-order valence-electron chi connectivity index (χ4n) is 0.837. The molecule has 1 amide bonds. The van der Waals surface area contributed by atoms with Crippen LogP contribution in [0, 0.1) is 0 Å². The first-order valence-corrected chi connectivity index (χ1v) is 4.24. The largest absolute Gasteiger partial charge is 0.477 e. The third-order valence-electron chi connectivity index (χ3n) is 1.67. The zero-order chi connectivity index (χ0) is 11.3. The lowest BCUT2D eigenvalue weighted by Crippen LogP contribution is -2.21. The zero-order valence-corrected chi connectivity index (χ0v) is 8.10. The molecule has 0 aliphatic carbocycles. The van der Waals surface area contributed by atoms with Crippen LogP contribution in [0.3, 0.4) is 0 Å². The summed E-state index contributed by atoms with van der Waals surface area (Å²) in [5.41, 5.74) is 2.41. The Morgan fingerprint density at radius 3 is 2.40 bits per heavy atom. The second-order valence-corrected chi connectivity index (χ2v) is 2.81. The number of rotatable bonds is 3. The fourth-order valence-corrected chi connectivity index (χ4v) is 0.837. The van der Waals surface area contributed by atoms with E-state index in [0.717, 1.165) is 0 Å². The van der Waals surface area contributed by atoms with Gasteiger partial charge in [-0.2, -0.15) is 5.10 Å². The van der Waals surface area contributed by atoms with E-state index in [1.807, 2.05) is 0 Å². The van der Waals surface area contributed by atoms with Crippen LogP contribution in [0.1, 0.15) is 17.3 Å². The van der Waals surface area contributed by atoms with Crippen molar-refractivity contribution >= 4 is 17.6 Å². The van der Waals surface area contributed by atoms with Gasteiger partial charge >= 0.3 is 5.97 Å². The molecule has 0 unspecified atom stereocenters. The van der Waals surface area contributed by atoms with Gasteiger partial charge in [0.1, 0.15) is 5.71 Å². The predicted octanol–water partition coefficient (Wildman–Crippen LogP) is 0.877. The molecular formula is C10H10N2O3. The van der Waals surface area contributed by atoms with Gasteiger partial charge in [-0.1, -0.05) is 18.2 Å². The standard InChI is InChI=1S/C10H10N2O3/c1-7(10(14)15)11-12-9(13)8-5-3-2-4-6-8/h2-6H,1H3,(H,12,13)(H,14,15)/b11-7-. The summed E-state index contributed by atoms with van der Waals surface area (Å²) in [5, 5.41) is 11.9. The Morgan fingerprint density at radius 2 is 1.87 bits per heavy atom. The van der Waals surface area contributed by atoms with E-state index < -0.39 is 11.9 Å². The first-order valence-electron chi connectivity index (χ1n) is 4.24. The Morgan fingerprint density at radius 1 is 1.27 bits per heavy atom. The molecule has 2 N–H and O–H groups in total. The monoisotopic (exact) mass is 206 g/mol. The molecule has 0 heterocycles. The number of hydrogen-bond donors (Lipinski definition) is 2. The lowest BCUT2D eigenvalue weighted by molar-refractivity contribution is -0.129. The number of hydrogen-bond acceptors (Lipinski definition) is 3. The van der Waals surface area contributed by atoms with Crippen molar-refractivity contribution in [3.8, 4) is 0 Å². The second-order valence-electron chi connectivity index (χ2n) is 2.81. The van der Waals surface area contributed by atoms with Gasteiger partial charge in [-0.15, -0.1) is 0 Å². The second kappa shape index (κ2) is 4.90. The smallest absolute Gasteiger partial charge is 0.351 e. The van der Waals surface area contributed by atoms with Crippen molar-refractivity contribution in [1.29, 1.82) is 0 Å². The SMILES string of the molecule is C/C(=N/NC(=O)c1ccccc1)C(=O)O.